The van der Waals surface area contributed by atoms with Crippen molar-refractivity contribution in [2.24, 2.45) is 23.7 Å². The van der Waals surface area contributed by atoms with E-state index in [2.05, 4.69) is 9.36 Å². The predicted octanol–water partition coefficient (Wildman–Crippen LogP) is 2.95. The SMILES string of the molecule is Clc1nsc(C2C3C4CCC(C4)C23)n1. The maximum atomic E-state index is 5.77. The fourth-order valence-electron chi connectivity index (χ4n) is 4.01. The zero-order chi connectivity index (χ0) is 9.28. The lowest BCUT2D eigenvalue weighted by Gasteiger charge is -2.04. The van der Waals surface area contributed by atoms with Crippen molar-refractivity contribution in [3.05, 3.63) is 10.3 Å². The van der Waals surface area contributed by atoms with Crippen molar-refractivity contribution in [3.8, 4) is 0 Å². The Kier molecular flexibility index (Phi) is 1.44. The van der Waals surface area contributed by atoms with Crippen LogP contribution in [0.1, 0.15) is 30.2 Å². The zero-order valence-corrected chi connectivity index (χ0v) is 9.26. The number of fused-ring (bicyclic) bond motifs is 5. The van der Waals surface area contributed by atoms with Crippen LogP contribution in [0.4, 0.5) is 0 Å². The highest BCUT2D eigenvalue weighted by Gasteiger charge is 2.66. The summed E-state index contributed by atoms with van der Waals surface area (Å²) in [5.41, 5.74) is 0. The number of hydrogen-bond donors (Lipinski definition) is 0. The molecule has 0 saturated heterocycles. The summed E-state index contributed by atoms with van der Waals surface area (Å²) in [5.74, 6) is 4.68. The third-order valence-corrected chi connectivity index (χ3v) is 5.52. The summed E-state index contributed by atoms with van der Waals surface area (Å²) >= 11 is 7.28. The molecule has 74 valence electrons. The molecule has 3 saturated carbocycles. The molecule has 0 aromatic carbocycles. The minimum absolute atomic E-state index is 0.447. The van der Waals surface area contributed by atoms with Gasteiger partial charge in [0.1, 0.15) is 5.01 Å². The van der Waals surface area contributed by atoms with Crippen LogP contribution >= 0.6 is 23.1 Å². The first-order valence-electron chi connectivity index (χ1n) is 5.33. The highest BCUT2D eigenvalue weighted by molar-refractivity contribution is 7.05. The number of nitrogens with zero attached hydrogens (tertiary/aromatic N) is 2. The largest absolute Gasteiger partial charge is 0.234 e. The Morgan fingerprint density at radius 3 is 2.50 bits per heavy atom. The normalized spacial score (nSPS) is 48.2. The number of rotatable bonds is 1. The minimum Gasteiger partial charge on any atom is -0.209 e. The predicted molar refractivity (Wildman–Crippen MR) is 55.5 cm³/mol. The quantitative estimate of drug-likeness (QED) is 0.736. The molecule has 3 fully saturated rings. The second kappa shape index (κ2) is 2.50. The van der Waals surface area contributed by atoms with E-state index < -0.39 is 0 Å². The summed E-state index contributed by atoms with van der Waals surface area (Å²) in [5, 5.41) is 1.66. The molecule has 1 aromatic heterocycles. The topological polar surface area (TPSA) is 25.8 Å². The van der Waals surface area contributed by atoms with Crippen LogP contribution in [-0.4, -0.2) is 9.36 Å². The van der Waals surface area contributed by atoms with Crippen LogP contribution in [0.5, 0.6) is 0 Å². The fraction of sp³-hybridized carbons (Fsp3) is 0.800. The van der Waals surface area contributed by atoms with Gasteiger partial charge in [0.15, 0.2) is 0 Å². The lowest BCUT2D eigenvalue weighted by atomic mass is 10.0. The molecule has 3 aliphatic rings. The first kappa shape index (κ1) is 8.05. The molecular formula is C10H11ClN2S. The van der Waals surface area contributed by atoms with Gasteiger partial charge in [0.05, 0.1) is 0 Å². The van der Waals surface area contributed by atoms with E-state index in [0.717, 1.165) is 29.6 Å². The maximum Gasteiger partial charge on any atom is 0.234 e. The Bertz CT molecular complexity index is 375. The van der Waals surface area contributed by atoms with Crippen molar-refractivity contribution in [3.63, 3.8) is 0 Å². The second-order valence-corrected chi connectivity index (χ2v) is 6.04. The monoisotopic (exact) mass is 226 g/mol. The molecule has 4 atom stereocenters. The van der Waals surface area contributed by atoms with Crippen LogP contribution in [-0.2, 0) is 0 Å². The van der Waals surface area contributed by atoms with Gasteiger partial charge in [-0.15, -0.1) is 0 Å². The molecule has 0 N–H and O–H groups in total. The summed E-state index contributed by atoms with van der Waals surface area (Å²) in [4.78, 5) is 4.32. The van der Waals surface area contributed by atoms with Gasteiger partial charge >= 0.3 is 0 Å². The number of hydrogen-bond acceptors (Lipinski definition) is 3. The van der Waals surface area contributed by atoms with Gasteiger partial charge in [0.25, 0.3) is 0 Å². The van der Waals surface area contributed by atoms with E-state index in [9.17, 15) is 0 Å². The van der Waals surface area contributed by atoms with Crippen molar-refractivity contribution < 1.29 is 0 Å². The second-order valence-electron chi connectivity index (χ2n) is 4.92. The molecule has 1 aromatic rings. The summed E-state index contributed by atoms with van der Waals surface area (Å²) in [7, 11) is 0. The molecule has 1 heterocycles. The van der Waals surface area contributed by atoms with Gasteiger partial charge < -0.3 is 0 Å². The van der Waals surface area contributed by atoms with E-state index in [1.807, 2.05) is 0 Å². The van der Waals surface area contributed by atoms with Crippen LogP contribution in [0.2, 0.25) is 5.28 Å². The van der Waals surface area contributed by atoms with Gasteiger partial charge in [-0.05, 0) is 66.1 Å². The summed E-state index contributed by atoms with van der Waals surface area (Å²) in [6.45, 7) is 0. The van der Waals surface area contributed by atoms with Gasteiger partial charge in [-0.1, -0.05) is 0 Å². The van der Waals surface area contributed by atoms with Gasteiger partial charge in [0.2, 0.25) is 5.28 Å². The van der Waals surface area contributed by atoms with E-state index in [0.29, 0.717) is 5.28 Å². The molecule has 2 nitrogen and oxygen atoms in total. The highest BCUT2D eigenvalue weighted by atomic mass is 35.5. The van der Waals surface area contributed by atoms with Crippen molar-refractivity contribution in [2.75, 3.05) is 0 Å². The Hall–Kier alpha value is -0.150. The summed E-state index contributed by atoms with van der Waals surface area (Å²) in [6, 6.07) is 0. The molecule has 2 bridgehead atoms. The average molecular weight is 227 g/mol. The first-order valence-corrected chi connectivity index (χ1v) is 6.49. The zero-order valence-electron chi connectivity index (χ0n) is 7.69. The smallest absolute Gasteiger partial charge is 0.209 e. The van der Waals surface area contributed by atoms with E-state index in [4.69, 9.17) is 11.6 Å². The minimum atomic E-state index is 0.447. The lowest BCUT2D eigenvalue weighted by Crippen LogP contribution is -1.96. The molecule has 0 radical (unpaired) electrons. The first-order chi connectivity index (χ1) is 6.84. The Balaban J connectivity index is 1.66. The molecule has 0 spiro atoms. The van der Waals surface area contributed by atoms with Gasteiger partial charge in [-0.2, -0.15) is 4.37 Å². The van der Waals surface area contributed by atoms with Crippen molar-refractivity contribution >= 4 is 23.1 Å². The van der Waals surface area contributed by atoms with Gasteiger partial charge in [-0.3, -0.25) is 0 Å². The Labute approximate surface area is 91.9 Å². The Morgan fingerprint density at radius 2 is 1.93 bits per heavy atom. The molecular weight excluding hydrogens is 216 g/mol. The van der Waals surface area contributed by atoms with Crippen molar-refractivity contribution in [1.29, 1.82) is 0 Å². The molecule has 4 unspecified atom stereocenters. The van der Waals surface area contributed by atoms with Crippen LogP contribution in [0, 0.1) is 23.7 Å². The third-order valence-electron chi connectivity index (χ3n) is 4.44. The molecule has 4 heteroatoms. The number of halogens is 1. The lowest BCUT2D eigenvalue weighted by molar-refractivity contribution is 0.456. The van der Waals surface area contributed by atoms with E-state index in [1.54, 1.807) is 0 Å². The summed E-state index contributed by atoms with van der Waals surface area (Å²) < 4.78 is 4.07. The number of aromatic nitrogens is 2. The van der Waals surface area contributed by atoms with Crippen molar-refractivity contribution in [1.82, 2.24) is 9.36 Å². The van der Waals surface area contributed by atoms with Crippen LogP contribution in [0.15, 0.2) is 0 Å². The molecule has 14 heavy (non-hydrogen) atoms. The molecule has 0 amide bonds. The van der Waals surface area contributed by atoms with Crippen LogP contribution in [0.25, 0.3) is 0 Å². The van der Waals surface area contributed by atoms with E-state index >= 15 is 0 Å². The fourth-order valence-corrected chi connectivity index (χ4v) is 5.02. The molecule has 4 rings (SSSR count). The van der Waals surface area contributed by atoms with Gasteiger partial charge in [0, 0.05) is 5.92 Å². The maximum absolute atomic E-state index is 5.77. The third kappa shape index (κ3) is 0.878. The van der Waals surface area contributed by atoms with Crippen LogP contribution in [0.3, 0.4) is 0 Å². The van der Waals surface area contributed by atoms with Crippen LogP contribution < -0.4 is 0 Å². The molecule has 0 aliphatic heterocycles. The van der Waals surface area contributed by atoms with E-state index in [-0.39, 0.29) is 0 Å². The highest BCUT2D eigenvalue weighted by Crippen LogP contribution is 2.73. The molecule has 3 aliphatic carbocycles. The Morgan fingerprint density at radius 1 is 1.21 bits per heavy atom. The van der Waals surface area contributed by atoms with Gasteiger partial charge in [-0.25, -0.2) is 4.98 Å². The van der Waals surface area contributed by atoms with E-state index in [1.165, 1.54) is 35.8 Å². The standard InChI is InChI=1S/C10H11ClN2S/c11-10-12-9(14-13-10)8-6-4-1-2-5(3-4)7(6)8/h4-8H,1-3H2. The summed E-state index contributed by atoms with van der Waals surface area (Å²) in [6.07, 6.45) is 4.43. The van der Waals surface area contributed by atoms with Crippen molar-refractivity contribution in [2.45, 2.75) is 25.2 Å². The average Bonchev–Trinajstić information content (AvgIpc) is 2.58.